The van der Waals surface area contributed by atoms with Gasteiger partial charge < -0.3 is 15.2 Å². The first-order valence-electron chi connectivity index (χ1n) is 5.60. The van der Waals surface area contributed by atoms with Crippen molar-refractivity contribution in [2.45, 2.75) is 18.4 Å². The summed E-state index contributed by atoms with van der Waals surface area (Å²) in [5, 5.41) is 0. The van der Waals surface area contributed by atoms with Crippen molar-refractivity contribution in [1.82, 2.24) is 0 Å². The zero-order valence-corrected chi connectivity index (χ0v) is 10.6. The van der Waals surface area contributed by atoms with Crippen molar-refractivity contribution in [2.75, 3.05) is 20.3 Å². The van der Waals surface area contributed by atoms with Gasteiger partial charge in [-0.15, -0.1) is 0 Å². The summed E-state index contributed by atoms with van der Waals surface area (Å²) in [7, 11) is 1.33. The van der Waals surface area contributed by atoms with Crippen molar-refractivity contribution in [1.29, 1.82) is 0 Å². The molecule has 0 radical (unpaired) electrons. The van der Waals surface area contributed by atoms with Gasteiger partial charge in [0.1, 0.15) is 18.2 Å². The Morgan fingerprint density at radius 2 is 1.95 bits per heavy atom. The number of ether oxygens (including phenoxy) is 2. The standard InChI is InChI=1S/C12H14F5NO2/c1-19-10-3-2-7(13)4-8(10)9(18)5-20-6-12(16,17)11(14)15/h2-4,9,11H,5-6,18H2,1H3. The molecule has 0 fully saturated rings. The van der Waals surface area contributed by atoms with Crippen LogP contribution in [0.2, 0.25) is 0 Å². The zero-order valence-electron chi connectivity index (χ0n) is 10.6. The Morgan fingerprint density at radius 3 is 2.50 bits per heavy atom. The van der Waals surface area contributed by atoms with Crippen molar-refractivity contribution in [2.24, 2.45) is 5.73 Å². The lowest BCUT2D eigenvalue weighted by Crippen LogP contribution is -2.33. The number of hydrogen-bond acceptors (Lipinski definition) is 3. The summed E-state index contributed by atoms with van der Waals surface area (Å²) in [5.41, 5.74) is 5.84. The highest BCUT2D eigenvalue weighted by Gasteiger charge is 2.41. The van der Waals surface area contributed by atoms with Gasteiger partial charge in [0, 0.05) is 5.56 Å². The second-order valence-electron chi connectivity index (χ2n) is 4.07. The van der Waals surface area contributed by atoms with E-state index >= 15 is 0 Å². The minimum absolute atomic E-state index is 0.202. The van der Waals surface area contributed by atoms with Crippen LogP contribution in [0.4, 0.5) is 22.0 Å². The van der Waals surface area contributed by atoms with Crippen LogP contribution in [0.25, 0.3) is 0 Å². The summed E-state index contributed by atoms with van der Waals surface area (Å²) in [4.78, 5) is 0. The third kappa shape index (κ3) is 4.31. The van der Waals surface area contributed by atoms with Gasteiger partial charge in [0.25, 0.3) is 0 Å². The van der Waals surface area contributed by atoms with Crippen molar-refractivity contribution in [3.8, 4) is 5.75 Å². The van der Waals surface area contributed by atoms with E-state index in [9.17, 15) is 22.0 Å². The van der Waals surface area contributed by atoms with E-state index in [1.807, 2.05) is 0 Å². The Morgan fingerprint density at radius 1 is 1.30 bits per heavy atom. The number of halogens is 5. The molecule has 0 heterocycles. The molecule has 0 bridgehead atoms. The molecule has 0 amide bonds. The molecular formula is C12H14F5NO2. The smallest absolute Gasteiger partial charge is 0.330 e. The fourth-order valence-corrected chi connectivity index (χ4v) is 1.47. The van der Waals surface area contributed by atoms with Gasteiger partial charge in [0.2, 0.25) is 0 Å². The molecule has 0 spiro atoms. The third-order valence-electron chi connectivity index (χ3n) is 2.50. The molecule has 114 valence electrons. The van der Waals surface area contributed by atoms with E-state index in [1.165, 1.54) is 13.2 Å². The molecule has 1 unspecified atom stereocenters. The van der Waals surface area contributed by atoms with Gasteiger partial charge in [-0.2, -0.15) is 8.78 Å². The number of alkyl halides is 4. The van der Waals surface area contributed by atoms with Crippen molar-refractivity contribution in [3.63, 3.8) is 0 Å². The predicted octanol–water partition coefficient (Wildman–Crippen LogP) is 2.75. The summed E-state index contributed by atoms with van der Waals surface area (Å²) in [6.07, 6.45) is -3.82. The Kier molecular flexibility index (Phi) is 5.70. The number of methoxy groups -OCH3 is 1. The lowest BCUT2D eigenvalue weighted by molar-refractivity contribution is -0.166. The van der Waals surface area contributed by atoms with Crippen LogP contribution in [0, 0.1) is 5.82 Å². The topological polar surface area (TPSA) is 44.5 Å². The summed E-state index contributed by atoms with van der Waals surface area (Å²) in [5.74, 6) is -4.58. The maximum atomic E-state index is 13.1. The van der Waals surface area contributed by atoms with Gasteiger partial charge in [-0.25, -0.2) is 13.2 Å². The first-order chi connectivity index (χ1) is 9.27. The molecule has 1 atom stereocenters. The minimum atomic E-state index is -4.24. The van der Waals surface area contributed by atoms with E-state index in [4.69, 9.17) is 10.5 Å². The SMILES string of the molecule is COc1ccc(F)cc1C(N)COCC(F)(F)C(F)F. The second kappa shape index (κ2) is 6.85. The van der Waals surface area contributed by atoms with Gasteiger partial charge in [-0.05, 0) is 18.2 Å². The molecule has 0 aliphatic rings. The molecule has 0 aliphatic heterocycles. The second-order valence-corrected chi connectivity index (χ2v) is 4.07. The lowest BCUT2D eigenvalue weighted by atomic mass is 10.1. The van der Waals surface area contributed by atoms with Gasteiger partial charge in [0.05, 0.1) is 19.8 Å². The third-order valence-corrected chi connectivity index (χ3v) is 2.50. The number of rotatable bonds is 7. The predicted molar refractivity (Wildman–Crippen MR) is 61.7 cm³/mol. The van der Waals surface area contributed by atoms with Crippen molar-refractivity contribution in [3.05, 3.63) is 29.6 Å². The summed E-state index contributed by atoms with van der Waals surface area (Å²) in [6, 6.07) is 2.55. The van der Waals surface area contributed by atoms with Crippen LogP contribution >= 0.6 is 0 Å². The molecule has 0 aromatic heterocycles. The van der Waals surface area contributed by atoms with E-state index in [1.54, 1.807) is 0 Å². The minimum Gasteiger partial charge on any atom is -0.496 e. The average molecular weight is 299 g/mol. The molecule has 2 N–H and O–H groups in total. The lowest BCUT2D eigenvalue weighted by Gasteiger charge is -2.19. The Balaban J connectivity index is 2.63. The van der Waals surface area contributed by atoms with Crippen LogP contribution in [0.5, 0.6) is 5.75 Å². The Labute approximate surface area is 112 Å². The fraction of sp³-hybridized carbons (Fsp3) is 0.500. The Hall–Kier alpha value is -1.41. The largest absolute Gasteiger partial charge is 0.496 e. The molecule has 0 saturated heterocycles. The highest BCUT2D eigenvalue weighted by Crippen LogP contribution is 2.26. The van der Waals surface area contributed by atoms with Crippen LogP contribution in [0.3, 0.4) is 0 Å². The quantitative estimate of drug-likeness (QED) is 0.787. The summed E-state index contributed by atoms with van der Waals surface area (Å²) >= 11 is 0. The van der Waals surface area contributed by atoms with E-state index < -0.39 is 37.4 Å². The molecular weight excluding hydrogens is 285 g/mol. The first kappa shape index (κ1) is 16.6. The van der Waals surface area contributed by atoms with Crippen LogP contribution in [-0.4, -0.2) is 32.7 Å². The average Bonchev–Trinajstić information content (AvgIpc) is 2.38. The van der Waals surface area contributed by atoms with Crippen LogP contribution < -0.4 is 10.5 Å². The van der Waals surface area contributed by atoms with E-state index in [0.29, 0.717) is 0 Å². The van der Waals surface area contributed by atoms with Crippen molar-refractivity contribution < 1.29 is 31.4 Å². The summed E-state index contributed by atoms with van der Waals surface area (Å²) in [6.45, 7) is -1.93. The number of benzene rings is 1. The van der Waals surface area contributed by atoms with E-state index in [-0.39, 0.29) is 11.3 Å². The molecule has 3 nitrogen and oxygen atoms in total. The fourth-order valence-electron chi connectivity index (χ4n) is 1.47. The summed E-state index contributed by atoms with van der Waals surface area (Å²) < 4.78 is 71.5. The van der Waals surface area contributed by atoms with Crippen LogP contribution in [-0.2, 0) is 4.74 Å². The molecule has 1 rings (SSSR count). The normalized spacial score (nSPS) is 13.6. The number of nitrogens with two attached hydrogens (primary N) is 1. The van der Waals surface area contributed by atoms with Gasteiger partial charge in [-0.1, -0.05) is 0 Å². The molecule has 1 aromatic carbocycles. The molecule has 8 heteroatoms. The van der Waals surface area contributed by atoms with E-state index in [0.717, 1.165) is 12.1 Å². The van der Waals surface area contributed by atoms with Gasteiger partial charge in [-0.3, -0.25) is 0 Å². The highest BCUT2D eigenvalue weighted by molar-refractivity contribution is 5.36. The van der Waals surface area contributed by atoms with Crippen molar-refractivity contribution >= 4 is 0 Å². The maximum absolute atomic E-state index is 13.1. The molecule has 0 aliphatic carbocycles. The van der Waals surface area contributed by atoms with Crippen LogP contribution in [0.1, 0.15) is 11.6 Å². The Bertz CT molecular complexity index is 442. The monoisotopic (exact) mass is 299 g/mol. The maximum Gasteiger partial charge on any atom is 0.330 e. The first-order valence-corrected chi connectivity index (χ1v) is 5.60. The van der Waals surface area contributed by atoms with Gasteiger partial charge >= 0.3 is 12.3 Å². The van der Waals surface area contributed by atoms with Gasteiger partial charge in [0.15, 0.2) is 0 Å². The van der Waals surface area contributed by atoms with Crippen LogP contribution in [0.15, 0.2) is 18.2 Å². The molecule has 0 saturated carbocycles. The molecule has 1 aromatic rings. The zero-order chi connectivity index (χ0) is 15.3. The number of hydrogen-bond donors (Lipinski definition) is 1. The highest BCUT2D eigenvalue weighted by atomic mass is 19.3. The van der Waals surface area contributed by atoms with E-state index in [2.05, 4.69) is 4.74 Å². The molecule has 20 heavy (non-hydrogen) atoms.